The van der Waals surface area contributed by atoms with E-state index in [0.29, 0.717) is 42.4 Å². The molecule has 8 heteroatoms. The Labute approximate surface area is 148 Å². The van der Waals surface area contributed by atoms with Gasteiger partial charge in [0.1, 0.15) is 12.1 Å². The number of carbonyl (C=O) groups excluding carboxylic acids is 1. The molecule has 0 saturated carbocycles. The van der Waals surface area contributed by atoms with Crippen LogP contribution in [0.1, 0.15) is 28.5 Å². The summed E-state index contributed by atoms with van der Waals surface area (Å²) in [6.07, 6.45) is 1.66. The van der Waals surface area contributed by atoms with Crippen LogP contribution in [-0.2, 0) is 6.42 Å². The summed E-state index contributed by atoms with van der Waals surface area (Å²) in [5.74, 6) is 0.264. The number of β-amino-alcohol motifs (C(OH)–C–C–N with tert-alkyl or cyclic N) is 1. The first-order valence-corrected chi connectivity index (χ1v) is 8.22. The van der Waals surface area contributed by atoms with Gasteiger partial charge in [0.2, 0.25) is 5.89 Å². The van der Waals surface area contributed by atoms with E-state index >= 15 is 0 Å². The summed E-state index contributed by atoms with van der Waals surface area (Å²) in [6, 6.07) is 7.62. The average Bonchev–Trinajstić information content (AvgIpc) is 3.37. The molecule has 1 atom stereocenters. The number of halogens is 1. The molecule has 1 saturated heterocycles. The second-order valence-corrected chi connectivity index (χ2v) is 6.19. The van der Waals surface area contributed by atoms with Crippen LogP contribution in [0.5, 0.6) is 0 Å². The molecule has 1 aliphatic rings. The van der Waals surface area contributed by atoms with Crippen LogP contribution in [0.2, 0.25) is 0 Å². The molecule has 1 N–H and O–H groups in total. The molecule has 4 rings (SSSR count). The zero-order valence-electron chi connectivity index (χ0n) is 13.8. The van der Waals surface area contributed by atoms with E-state index < -0.39 is 6.10 Å². The number of rotatable bonds is 4. The summed E-state index contributed by atoms with van der Waals surface area (Å²) >= 11 is 0. The summed E-state index contributed by atoms with van der Waals surface area (Å²) in [5.41, 5.74) is 1.50. The van der Waals surface area contributed by atoms with Crippen molar-refractivity contribution in [2.75, 3.05) is 13.1 Å². The quantitative estimate of drug-likeness (QED) is 0.770. The van der Waals surface area contributed by atoms with E-state index in [1.54, 1.807) is 23.1 Å². The highest BCUT2D eigenvalue weighted by Gasteiger charge is 2.27. The molecule has 1 aliphatic heterocycles. The van der Waals surface area contributed by atoms with Crippen molar-refractivity contribution in [3.63, 3.8) is 0 Å². The third-order valence-corrected chi connectivity index (χ3v) is 4.24. The smallest absolute Gasteiger partial charge is 0.275 e. The number of aliphatic hydroxyl groups is 1. The maximum atomic E-state index is 13.0. The largest absolute Gasteiger partial charge is 0.448 e. The molecule has 134 valence electrons. The Morgan fingerprint density at radius 1 is 1.35 bits per heavy atom. The Bertz CT molecular complexity index is 919. The topological polar surface area (TPSA) is 92.6 Å². The van der Waals surface area contributed by atoms with Crippen molar-refractivity contribution in [1.82, 2.24) is 15.0 Å². The van der Waals surface area contributed by atoms with E-state index in [2.05, 4.69) is 10.1 Å². The van der Waals surface area contributed by atoms with Gasteiger partial charge in [-0.15, -0.1) is 0 Å². The highest BCUT2D eigenvalue weighted by molar-refractivity contribution is 5.92. The third kappa shape index (κ3) is 3.36. The van der Waals surface area contributed by atoms with Crippen molar-refractivity contribution in [2.45, 2.75) is 18.9 Å². The van der Waals surface area contributed by atoms with Crippen molar-refractivity contribution in [3.8, 4) is 11.3 Å². The van der Waals surface area contributed by atoms with E-state index in [0.717, 1.165) is 0 Å². The molecule has 0 bridgehead atoms. The van der Waals surface area contributed by atoms with Crippen molar-refractivity contribution in [2.24, 2.45) is 0 Å². The van der Waals surface area contributed by atoms with Gasteiger partial charge >= 0.3 is 0 Å². The normalized spacial score (nSPS) is 17.0. The van der Waals surface area contributed by atoms with Gasteiger partial charge in [-0.1, -0.05) is 5.16 Å². The minimum atomic E-state index is -0.481. The lowest BCUT2D eigenvalue weighted by Crippen LogP contribution is -2.29. The van der Waals surface area contributed by atoms with Crippen LogP contribution in [-0.4, -0.2) is 45.2 Å². The van der Waals surface area contributed by atoms with Crippen LogP contribution in [0.25, 0.3) is 11.3 Å². The fourth-order valence-electron chi connectivity index (χ4n) is 2.88. The molecule has 2 aromatic heterocycles. The fourth-order valence-corrected chi connectivity index (χ4v) is 2.88. The molecule has 1 fully saturated rings. The Hall–Kier alpha value is -3.00. The lowest BCUT2D eigenvalue weighted by atomic mass is 10.1. The number of aromatic nitrogens is 2. The average molecular weight is 357 g/mol. The molecule has 1 unspecified atom stereocenters. The standard InChI is InChI=1S/C18H16FN3O4/c19-12-3-1-11(2-4-12)16-7-13(21-26-16)8-17-20-15(10-25-17)18(24)22-6-5-14(23)9-22/h1-4,7,10,14,23H,5-6,8-9H2. The first kappa shape index (κ1) is 16.5. The molecular formula is C18H16FN3O4. The minimum absolute atomic E-state index is 0.205. The molecule has 1 amide bonds. The first-order chi connectivity index (χ1) is 12.6. The summed E-state index contributed by atoms with van der Waals surface area (Å²) in [4.78, 5) is 18.1. The second kappa shape index (κ2) is 6.72. The maximum Gasteiger partial charge on any atom is 0.275 e. The lowest BCUT2D eigenvalue weighted by molar-refractivity contribution is 0.0759. The van der Waals surface area contributed by atoms with Gasteiger partial charge < -0.3 is 18.9 Å². The maximum absolute atomic E-state index is 13.0. The molecule has 1 aromatic carbocycles. The second-order valence-electron chi connectivity index (χ2n) is 6.19. The van der Waals surface area contributed by atoms with Gasteiger partial charge in [0, 0.05) is 24.7 Å². The number of hydrogen-bond acceptors (Lipinski definition) is 6. The van der Waals surface area contributed by atoms with Gasteiger partial charge in [-0.3, -0.25) is 4.79 Å². The summed E-state index contributed by atoms with van der Waals surface area (Å²) < 4.78 is 23.6. The van der Waals surface area contributed by atoms with Crippen molar-refractivity contribution in [3.05, 3.63) is 59.7 Å². The molecule has 3 heterocycles. The number of oxazole rings is 1. The van der Waals surface area contributed by atoms with Gasteiger partial charge in [0.25, 0.3) is 5.91 Å². The summed E-state index contributed by atoms with van der Waals surface area (Å²) in [5, 5.41) is 13.5. The zero-order valence-corrected chi connectivity index (χ0v) is 13.8. The number of benzene rings is 1. The predicted molar refractivity (Wildman–Crippen MR) is 87.7 cm³/mol. The number of carbonyl (C=O) groups is 1. The van der Waals surface area contributed by atoms with Crippen molar-refractivity contribution >= 4 is 5.91 Å². The number of aliphatic hydroxyl groups excluding tert-OH is 1. The molecular weight excluding hydrogens is 341 g/mol. The van der Waals surface area contributed by atoms with Crippen LogP contribution in [0, 0.1) is 5.82 Å². The number of nitrogens with zero attached hydrogens (tertiary/aromatic N) is 3. The highest BCUT2D eigenvalue weighted by Crippen LogP contribution is 2.22. The number of likely N-dealkylation sites (tertiary alicyclic amines) is 1. The number of amides is 1. The summed E-state index contributed by atoms with van der Waals surface area (Å²) in [6.45, 7) is 0.817. The molecule has 0 spiro atoms. The molecule has 3 aromatic rings. The molecule has 26 heavy (non-hydrogen) atoms. The third-order valence-electron chi connectivity index (χ3n) is 4.24. The van der Waals surface area contributed by atoms with Gasteiger partial charge in [0.05, 0.1) is 18.2 Å². The van der Waals surface area contributed by atoms with Crippen LogP contribution in [0.4, 0.5) is 4.39 Å². The van der Waals surface area contributed by atoms with Crippen molar-refractivity contribution in [1.29, 1.82) is 0 Å². The van der Waals surface area contributed by atoms with Gasteiger partial charge in [-0.25, -0.2) is 9.37 Å². The molecule has 7 nitrogen and oxygen atoms in total. The Morgan fingerprint density at radius 2 is 2.15 bits per heavy atom. The van der Waals surface area contributed by atoms with Crippen LogP contribution in [0.3, 0.4) is 0 Å². The Kier molecular flexibility index (Phi) is 4.26. The van der Waals surface area contributed by atoms with Crippen molar-refractivity contribution < 1.29 is 23.2 Å². The van der Waals surface area contributed by atoms with E-state index in [4.69, 9.17) is 8.94 Å². The number of hydrogen-bond donors (Lipinski definition) is 1. The van der Waals surface area contributed by atoms with E-state index in [1.807, 2.05) is 0 Å². The van der Waals surface area contributed by atoms with Crippen LogP contribution >= 0.6 is 0 Å². The van der Waals surface area contributed by atoms with E-state index in [9.17, 15) is 14.3 Å². The van der Waals surface area contributed by atoms with Gasteiger partial charge in [-0.2, -0.15) is 0 Å². The van der Waals surface area contributed by atoms with Gasteiger partial charge in [-0.05, 0) is 30.7 Å². The van der Waals surface area contributed by atoms with E-state index in [1.165, 1.54) is 18.4 Å². The SMILES string of the molecule is O=C(c1coc(Cc2cc(-c3ccc(F)cc3)on2)n1)N1CCC(O)C1. The minimum Gasteiger partial charge on any atom is -0.448 e. The van der Waals surface area contributed by atoms with Crippen LogP contribution < -0.4 is 0 Å². The molecule has 0 radical (unpaired) electrons. The fraction of sp³-hybridized carbons (Fsp3) is 0.278. The van der Waals surface area contributed by atoms with Crippen LogP contribution in [0.15, 0.2) is 45.5 Å². The monoisotopic (exact) mass is 357 g/mol. The summed E-state index contributed by atoms with van der Waals surface area (Å²) in [7, 11) is 0. The zero-order chi connectivity index (χ0) is 18.1. The highest BCUT2D eigenvalue weighted by atomic mass is 19.1. The Morgan fingerprint density at radius 3 is 2.88 bits per heavy atom. The Balaban J connectivity index is 1.44. The molecule has 0 aliphatic carbocycles. The predicted octanol–water partition coefficient (Wildman–Crippen LogP) is 2.27. The van der Waals surface area contributed by atoms with E-state index in [-0.39, 0.29) is 23.8 Å². The lowest BCUT2D eigenvalue weighted by Gasteiger charge is -2.12. The van der Waals surface area contributed by atoms with Gasteiger partial charge in [0.15, 0.2) is 11.5 Å². The first-order valence-electron chi connectivity index (χ1n) is 8.22.